The molecule has 1 unspecified atom stereocenters. The van der Waals surface area contributed by atoms with Gasteiger partial charge in [-0.15, -0.1) is 0 Å². The van der Waals surface area contributed by atoms with E-state index in [1.165, 1.54) is 0 Å². The van der Waals surface area contributed by atoms with Gasteiger partial charge >= 0.3 is 0 Å². The molecular weight excluding hydrogens is 306 g/mol. The summed E-state index contributed by atoms with van der Waals surface area (Å²) in [6, 6.07) is 5.52. The van der Waals surface area contributed by atoms with Crippen molar-refractivity contribution in [3.8, 4) is 5.75 Å². The van der Waals surface area contributed by atoms with Crippen molar-refractivity contribution < 1.29 is 14.3 Å². The molecule has 1 saturated heterocycles. The summed E-state index contributed by atoms with van der Waals surface area (Å²) >= 11 is 0. The van der Waals surface area contributed by atoms with E-state index in [1.807, 2.05) is 25.1 Å². The van der Waals surface area contributed by atoms with Crippen molar-refractivity contribution in [2.24, 2.45) is 0 Å². The Morgan fingerprint density at radius 2 is 2.12 bits per heavy atom. The van der Waals surface area contributed by atoms with E-state index in [0.717, 1.165) is 34.3 Å². The average molecular weight is 327 g/mol. The molecule has 0 aliphatic carbocycles. The standard InChI is InChI=1S/C18H21N3O3/c1-3-6-20-10-17(22)21-9-15-13(8-16(21)18(20)23)12-7-11(24-2)4-5-14(12)19-15/h4-5,7,16,19H,3,6,8-10H2,1-2H3. The second-order valence-corrected chi connectivity index (χ2v) is 6.49. The van der Waals surface area contributed by atoms with Gasteiger partial charge in [-0.1, -0.05) is 6.92 Å². The molecule has 1 aromatic carbocycles. The molecule has 0 radical (unpaired) electrons. The van der Waals surface area contributed by atoms with E-state index in [-0.39, 0.29) is 24.4 Å². The van der Waals surface area contributed by atoms with Crippen molar-refractivity contribution in [1.82, 2.24) is 14.8 Å². The minimum Gasteiger partial charge on any atom is -0.497 e. The van der Waals surface area contributed by atoms with Crippen LogP contribution in [0.15, 0.2) is 18.2 Å². The van der Waals surface area contributed by atoms with Crippen LogP contribution >= 0.6 is 0 Å². The number of aromatic amines is 1. The van der Waals surface area contributed by atoms with E-state index in [0.29, 0.717) is 19.5 Å². The van der Waals surface area contributed by atoms with Crippen LogP contribution < -0.4 is 4.74 Å². The molecule has 2 aliphatic rings. The maximum atomic E-state index is 12.8. The van der Waals surface area contributed by atoms with Crippen LogP contribution in [0.5, 0.6) is 5.75 Å². The first kappa shape index (κ1) is 15.1. The molecule has 0 bridgehead atoms. The third kappa shape index (κ3) is 2.17. The number of nitrogens with zero attached hydrogens (tertiary/aromatic N) is 2. The van der Waals surface area contributed by atoms with Gasteiger partial charge < -0.3 is 19.5 Å². The Morgan fingerprint density at radius 3 is 2.88 bits per heavy atom. The monoisotopic (exact) mass is 327 g/mol. The molecule has 3 heterocycles. The van der Waals surface area contributed by atoms with Crippen LogP contribution in [0.25, 0.3) is 10.9 Å². The zero-order valence-corrected chi connectivity index (χ0v) is 14.0. The average Bonchev–Trinajstić information content (AvgIpc) is 2.95. The fourth-order valence-electron chi connectivity index (χ4n) is 3.85. The number of aromatic nitrogens is 1. The normalized spacial score (nSPS) is 20.3. The highest BCUT2D eigenvalue weighted by molar-refractivity contribution is 5.97. The number of carbonyl (C=O) groups is 2. The predicted octanol–water partition coefficient (Wildman–Crippen LogP) is 1.68. The Balaban J connectivity index is 1.75. The van der Waals surface area contributed by atoms with Gasteiger partial charge in [-0.3, -0.25) is 9.59 Å². The zero-order chi connectivity index (χ0) is 16.8. The summed E-state index contributed by atoms with van der Waals surface area (Å²) in [7, 11) is 1.65. The summed E-state index contributed by atoms with van der Waals surface area (Å²) < 4.78 is 5.32. The molecule has 1 aromatic heterocycles. The summed E-state index contributed by atoms with van der Waals surface area (Å²) in [6.45, 7) is 3.34. The Labute approximate surface area is 140 Å². The third-order valence-electron chi connectivity index (χ3n) is 5.04. The molecule has 0 spiro atoms. The van der Waals surface area contributed by atoms with Gasteiger partial charge in [0.2, 0.25) is 11.8 Å². The Bertz CT molecular complexity index is 826. The Morgan fingerprint density at radius 1 is 1.29 bits per heavy atom. The van der Waals surface area contributed by atoms with Crippen LogP contribution in [0.3, 0.4) is 0 Å². The lowest BCUT2D eigenvalue weighted by atomic mass is 9.94. The first-order valence-corrected chi connectivity index (χ1v) is 8.38. The van der Waals surface area contributed by atoms with Crippen LogP contribution in [0.1, 0.15) is 24.6 Å². The second kappa shape index (κ2) is 5.54. The first-order chi connectivity index (χ1) is 11.6. The molecule has 1 N–H and O–H groups in total. The van der Waals surface area contributed by atoms with Gasteiger partial charge in [0.05, 0.1) is 20.2 Å². The fraction of sp³-hybridized carbons (Fsp3) is 0.444. The molecule has 4 rings (SSSR count). The van der Waals surface area contributed by atoms with Crippen LogP contribution in [0, 0.1) is 0 Å². The van der Waals surface area contributed by atoms with Crippen LogP contribution in [-0.4, -0.2) is 52.8 Å². The van der Waals surface area contributed by atoms with Gasteiger partial charge in [-0.2, -0.15) is 0 Å². The van der Waals surface area contributed by atoms with Crippen molar-refractivity contribution in [2.75, 3.05) is 20.2 Å². The molecular formula is C18H21N3O3. The van der Waals surface area contributed by atoms with Crippen LogP contribution in [0.2, 0.25) is 0 Å². The number of amides is 2. The maximum absolute atomic E-state index is 12.8. The maximum Gasteiger partial charge on any atom is 0.246 e. The number of hydrogen-bond acceptors (Lipinski definition) is 3. The van der Waals surface area contributed by atoms with Gasteiger partial charge in [0.25, 0.3) is 0 Å². The van der Waals surface area contributed by atoms with E-state index < -0.39 is 0 Å². The lowest BCUT2D eigenvalue weighted by Crippen LogP contribution is -2.61. The van der Waals surface area contributed by atoms with E-state index in [1.54, 1.807) is 16.9 Å². The number of piperazine rings is 1. The minimum absolute atomic E-state index is 0.0370. The van der Waals surface area contributed by atoms with Gasteiger partial charge in [0, 0.05) is 29.6 Å². The predicted molar refractivity (Wildman–Crippen MR) is 89.8 cm³/mol. The van der Waals surface area contributed by atoms with E-state index in [2.05, 4.69) is 4.98 Å². The minimum atomic E-state index is -0.379. The number of carbonyl (C=O) groups excluding carboxylic acids is 2. The number of hydrogen-bond donors (Lipinski definition) is 1. The second-order valence-electron chi connectivity index (χ2n) is 6.49. The third-order valence-corrected chi connectivity index (χ3v) is 5.04. The van der Waals surface area contributed by atoms with E-state index in [4.69, 9.17) is 4.74 Å². The van der Waals surface area contributed by atoms with Crippen molar-refractivity contribution >= 4 is 22.7 Å². The van der Waals surface area contributed by atoms with Gasteiger partial charge in [0.15, 0.2) is 0 Å². The van der Waals surface area contributed by atoms with Crippen molar-refractivity contribution in [2.45, 2.75) is 32.4 Å². The number of fused-ring (bicyclic) bond motifs is 4. The fourth-order valence-corrected chi connectivity index (χ4v) is 3.85. The summed E-state index contributed by atoms with van der Waals surface area (Å²) in [6.07, 6.45) is 1.43. The van der Waals surface area contributed by atoms with Crippen molar-refractivity contribution in [1.29, 1.82) is 0 Å². The number of ether oxygens (including phenoxy) is 1. The van der Waals surface area contributed by atoms with Crippen molar-refractivity contribution in [3.05, 3.63) is 29.5 Å². The molecule has 6 heteroatoms. The van der Waals surface area contributed by atoms with Crippen LogP contribution in [-0.2, 0) is 22.6 Å². The molecule has 1 atom stereocenters. The molecule has 6 nitrogen and oxygen atoms in total. The Hall–Kier alpha value is -2.50. The van der Waals surface area contributed by atoms with Gasteiger partial charge in [0.1, 0.15) is 11.8 Å². The summed E-state index contributed by atoms with van der Waals surface area (Å²) in [5, 5.41) is 1.08. The highest BCUT2D eigenvalue weighted by atomic mass is 16.5. The van der Waals surface area contributed by atoms with Gasteiger partial charge in [-0.05, 0) is 30.2 Å². The van der Waals surface area contributed by atoms with E-state index in [9.17, 15) is 9.59 Å². The highest BCUT2D eigenvalue weighted by Crippen LogP contribution is 2.34. The zero-order valence-electron chi connectivity index (χ0n) is 14.0. The van der Waals surface area contributed by atoms with E-state index >= 15 is 0 Å². The number of H-pyrrole nitrogens is 1. The summed E-state index contributed by atoms with van der Waals surface area (Å²) in [5.74, 6) is 0.902. The molecule has 2 amide bonds. The Kier molecular flexibility index (Phi) is 3.48. The molecule has 126 valence electrons. The van der Waals surface area contributed by atoms with Crippen LogP contribution in [0.4, 0.5) is 0 Å². The molecule has 0 saturated carbocycles. The quantitative estimate of drug-likeness (QED) is 0.933. The number of rotatable bonds is 3. The van der Waals surface area contributed by atoms with Gasteiger partial charge in [-0.25, -0.2) is 0 Å². The lowest BCUT2D eigenvalue weighted by molar-refractivity contribution is -0.157. The number of nitrogens with one attached hydrogen (secondary N) is 1. The molecule has 24 heavy (non-hydrogen) atoms. The molecule has 2 aliphatic heterocycles. The summed E-state index contributed by atoms with van der Waals surface area (Å²) in [4.78, 5) is 32.1. The first-order valence-electron chi connectivity index (χ1n) is 8.38. The largest absolute Gasteiger partial charge is 0.497 e. The smallest absolute Gasteiger partial charge is 0.246 e. The molecule has 2 aromatic rings. The lowest BCUT2D eigenvalue weighted by Gasteiger charge is -2.42. The highest BCUT2D eigenvalue weighted by Gasteiger charge is 2.42. The molecule has 1 fully saturated rings. The van der Waals surface area contributed by atoms with Crippen molar-refractivity contribution in [3.63, 3.8) is 0 Å². The number of benzene rings is 1. The summed E-state index contributed by atoms with van der Waals surface area (Å²) in [5.41, 5.74) is 3.18. The topological polar surface area (TPSA) is 65.6 Å². The number of methoxy groups -OCH3 is 1. The SMILES string of the molecule is CCCN1CC(=O)N2Cc3[nH]c4ccc(OC)cc4c3CC2C1=O.